The number of rotatable bonds is 8. The van der Waals surface area contributed by atoms with Crippen LogP contribution in [0.15, 0.2) is 29.4 Å². The number of para-hydroxylation sites is 1. The molecule has 1 aliphatic rings. The number of fused-ring (bicyclic) bond motifs is 2. The molecule has 0 aliphatic heterocycles. The van der Waals surface area contributed by atoms with E-state index in [2.05, 4.69) is 34.0 Å². The number of carbonyl (C=O) groups is 1. The highest BCUT2D eigenvalue weighted by Crippen LogP contribution is 2.33. The number of pyridine rings is 1. The number of anilines is 1. The van der Waals surface area contributed by atoms with E-state index in [1.165, 1.54) is 35.2 Å². The molecule has 146 valence electrons. The second-order valence-electron chi connectivity index (χ2n) is 6.66. The fourth-order valence-corrected chi connectivity index (χ4v) is 3.52. The number of aromatic nitrogens is 1. The van der Waals surface area contributed by atoms with Crippen molar-refractivity contribution in [3.63, 3.8) is 0 Å². The van der Waals surface area contributed by atoms with E-state index >= 15 is 0 Å². The number of aryl methyl sites for hydroxylation is 1. The fourth-order valence-electron chi connectivity index (χ4n) is 3.52. The van der Waals surface area contributed by atoms with Crippen molar-refractivity contribution in [3.05, 3.63) is 35.5 Å². The molecule has 0 saturated heterocycles. The molecule has 0 fully saturated rings. The van der Waals surface area contributed by atoms with Crippen LogP contribution in [0.4, 0.5) is 5.69 Å². The molecule has 0 unspecified atom stereocenters. The van der Waals surface area contributed by atoms with Crippen LogP contribution in [-0.4, -0.2) is 35.4 Å². The van der Waals surface area contributed by atoms with Crippen LogP contribution < -0.4 is 10.6 Å². The van der Waals surface area contributed by atoms with E-state index in [4.69, 9.17) is 10.2 Å². The lowest BCUT2D eigenvalue weighted by molar-refractivity contribution is -0.114. The van der Waals surface area contributed by atoms with E-state index in [0.29, 0.717) is 6.54 Å². The predicted octanol–water partition coefficient (Wildman–Crippen LogP) is 3.69. The second-order valence-corrected chi connectivity index (χ2v) is 6.66. The summed E-state index contributed by atoms with van der Waals surface area (Å²) in [6.07, 6.45) is 8.48. The van der Waals surface area contributed by atoms with E-state index in [1.807, 2.05) is 6.07 Å². The lowest BCUT2D eigenvalue weighted by Crippen LogP contribution is -2.25. The Morgan fingerprint density at radius 1 is 1.15 bits per heavy atom. The summed E-state index contributed by atoms with van der Waals surface area (Å²) in [4.78, 5) is 16.0. The number of carbonyl (C=O) groups excluding carboxylic acids is 1. The topological polar surface area (TPSA) is 86.6 Å². The summed E-state index contributed by atoms with van der Waals surface area (Å²) in [7, 11) is 0. The zero-order valence-corrected chi connectivity index (χ0v) is 16.2. The molecule has 3 rings (SSSR count). The Kier molecular flexibility index (Phi) is 8.33. The first-order valence-electron chi connectivity index (χ1n) is 9.39. The van der Waals surface area contributed by atoms with E-state index in [0.717, 1.165) is 50.4 Å². The van der Waals surface area contributed by atoms with Crippen LogP contribution in [0.2, 0.25) is 0 Å². The lowest BCUT2D eigenvalue weighted by atomic mass is 9.92. The van der Waals surface area contributed by atoms with Gasteiger partial charge in [-0.1, -0.05) is 23.4 Å². The molecule has 1 aromatic heterocycles. The zero-order valence-electron chi connectivity index (χ0n) is 15.4. The van der Waals surface area contributed by atoms with Crippen LogP contribution >= 0.6 is 12.4 Å². The fraction of sp³-hybridized carbons (Fsp3) is 0.450. The minimum Gasteiger partial charge on any atom is -0.411 e. The molecular weight excluding hydrogens is 364 g/mol. The molecule has 3 N–H and O–H groups in total. The normalized spacial score (nSPS) is 13.2. The molecule has 1 aliphatic carbocycles. The maximum Gasteiger partial charge on any atom is 0.265 e. The largest absolute Gasteiger partial charge is 0.411 e. The molecule has 0 spiro atoms. The van der Waals surface area contributed by atoms with Crippen LogP contribution in [0.25, 0.3) is 10.9 Å². The molecular formula is C20H27ClN4O2. The number of oxime groups is 1. The Hall–Kier alpha value is -2.34. The first kappa shape index (κ1) is 21.0. The van der Waals surface area contributed by atoms with Gasteiger partial charge in [-0.25, -0.2) is 0 Å². The van der Waals surface area contributed by atoms with Crippen molar-refractivity contribution < 1.29 is 10.0 Å². The van der Waals surface area contributed by atoms with Gasteiger partial charge in [0.1, 0.15) is 6.21 Å². The van der Waals surface area contributed by atoms with Gasteiger partial charge in [0.2, 0.25) is 0 Å². The average Bonchev–Trinajstić information content (AvgIpc) is 2.66. The van der Waals surface area contributed by atoms with Gasteiger partial charge in [0, 0.05) is 29.9 Å². The molecule has 1 aromatic carbocycles. The van der Waals surface area contributed by atoms with Crippen molar-refractivity contribution in [2.24, 2.45) is 5.16 Å². The number of nitrogens with one attached hydrogen (secondary N) is 2. The Labute approximate surface area is 165 Å². The summed E-state index contributed by atoms with van der Waals surface area (Å²) in [5.41, 5.74) is 4.98. The van der Waals surface area contributed by atoms with Crippen molar-refractivity contribution in [2.45, 2.75) is 44.9 Å². The zero-order chi connectivity index (χ0) is 18.2. The predicted molar refractivity (Wildman–Crippen MR) is 111 cm³/mol. The molecule has 1 heterocycles. The Balaban J connectivity index is 0.00000261. The van der Waals surface area contributed by atoms with Gasteiger partial charge >= 0.3 is 0 Å². The van der Waals surface area contributed by atoms with Crippen LogP contribution in [0.5, 0.6) is 0 Å². The summed E-state index contributed by atoms with van der Waals surface area (Å²) in [6, 6.07) is 8.36. The van der Waals surface area contributed by atoms with Crippen LogP contribution in [-0.2, 0) is 17.6 Å². The quantitative estimate of drug-likeness (QED) is 0.277. The van der Waals surface area contributed by atoms with E-state index in [-0.39, 0.29) is 18.3 Å². The van der Waals surface area contributed by atoms with E-state index < -0.39 is 0 Å². The molecule has 0 atom stereocenters. The number of amides is 1. The Bertz CT molecular complexity index is 795. The van der Waals surface area contributed by atoms with Crippen LogP contribution in [0.3, 0.4) is 0 Å². The first-order valence-corrected chi connectivity index (χ1v) is 9.39. The maximum absolute atomic E-state index is 11.1. The summed E-state index contributed by atoms with van der Waals surface area (Å²) < 4.78 is 0. The maximum atomic E-state index is 11.1. The molecule has 27 heavy (non-hydrogen) atoms. The molecule has 6 nitrogen and oxygen atoms in total. The highest BCUT2D eigenvalue weighted by atomic mass is 35.5. The van der Waals surface area contributed by atoms with Crippen molar-refractivity contribution in [1.29, 1.82) is 0 Å². The van der Waals surface area contributed by atoms with Gasteiger partial charge in [0.15, 0.2) is 0 Å². The molecule has 1 amide bonds. The molecule has 0 radical (unpaired) electrons. The van der Waals surface area contributed by atoms with E-state index in [9.17, 15) is 4.79 Å². The highest BCUT2D eigenvalue weighted by Gasteiger charge is 2.17. The van der Waals surface area contributed by atoms with Crippen molar-refractivity contribution in [2.75, 3.05) is 18.4 Å². The Morgan fingerprint density at radius 2 is 1.93 bits per heavy atom. The summed E-state index contributed by atoms with van der Waals surface area (Å²) in [6.45, 7) is 1.50. The van der Waals surface area contributed by atoms with Gasteiger partial charge in [-0.15, -0.1) is 12.4 Å². The lowest BCUT2D eigenvalue weighted by Gasteiger charge is -2.21. The highest BCUT2D eigenvalue weighted by molar-refractivity contribution is 6.25. The first-order chi connectivity index (χ1) is 12.8. The van der Waals surface area contributed by atoms with Gasteiger partial charge in [-0.3, -0.25) is 9.78 Å². The number of hydrogen-bond acceptors (Lipinski definition) is 5. The smallest absolute Gasteiger partial charge is 0.265 e. The summed E-state index contributed by atoms with van der Waals surface area (Å²) in [5.74, 6) is -0.361. The number of nitrogens with zero attached hydrogens (tertiary/aromatic N) is 2. The molecule has 0 saturated carbocycles. The third kappa shape index (κ3) is 5.57. The van der Waals surface area contributed by atoms with Crippen molar-refractivity contribution >= 4 is 41.1 Å². The molecule has 2 aromatic rings. The number of unbranched alkanes of at least 4 members (excludes halogenated alkanes) is 2. The summed E-state index contributed by atoms with van der Waals surface area (Å²) in [5, 5.41) is 18.5. The van der Waals surface area contributed by atoms with E-state index in [1.54, 1.807) is 0 Å². The van der Waals surface area contributed by atoms with Crippen molar-refractivity contribution in [3.8, 4) is 0 Å². The van der Waals surface area contributed by atoms with Gasteiger partial charge in [0.05, 0.1) is 5.52 Å². The van der Waals surface area contributed by atoms with Crippen LogP contribution in [0.1, 0.15) is 43.4 Å². The third-order valence-corrected chi connectivity index (χ3v) is 4.80. The monoisotopic (exact) mass is 390 g/mol. The SMILES string of the molecule is Cl.O=C(C=NO)NCCCCCNc1c2c(nc3ccccc13)CCCC2. The van der Waals surface area contributed by atoms with Gasteiger partial charge in [0.25, 0.3) is 5.91 Å². The Morgan fingerprint density at radius 3 is 2.78 bits per heavy atom. The van der Waals surface area contributed by atoms with Crippen LogP contribution in [0, 0.1) is 0 Å². The minimum absolute atomic E-state index is 0. The second kappa shape index (κ2) is 10.7. The standard InChI is InChI=1S/C20H26N4O2.ClH/c25-19(14-23-26)21-12-6-1-7-13-22-20-15-8-2-4-10-17(15)24-18-11-5-3-9-16(18)20;/h2,4,8,10,14,26H,1,3,5-7,9,11-13H2,(H,21,25)(H,22,24);1H. The number of benzene rings is 1. The number of hydrogen-bond donors (Lipinski definition) is 3. The third-order valence-electron chi connectivity index (χ3n) is 4.80. The molecule has 0 bridgehead atoms. The van der Waals surface area contributed by atoms with Gasteiger partial charge in [-0.05, 0) is 56.6 Å². The minimum atomic E-state index is -0.361. The summed E-state index contributed by atoms with van der Waals surface area (Å²) >= 11 is 0. The average molecular weight is 391 g/mol. The number of halogens is 1. The van der Waals surface area contributed by atoms with Crippen molar-refractivity contribution in [1.82, 2.24) is 10.3 Å². The molecule has 7 heteroatoms. The van der Waals surface area contributed by atoms with Gasteiger partial charge in [-0.2, -0.15) is 0 Å². The van der Waals surface area contributed by atoms with Gasteiger partial charge < -0.3 is 15.8 Å².